The molecule has 0 aliphatic carbocycles. The summed E-state index contributed by atoms with van der Waals surface area (Å²) in [5, 5.41) is 7.24. The normalized spacial score (nSPS) is 11.2. The van der Waals surface area contributed by atoms with Gasteiger partial charge >= 0.3 is 0 Å². The first-order valence-electron chi connectivity index (χ1n) is 9.26. The van der Waals surface area contributed by atoms with Gasteiger partial charge in [0.15, 0.2) is 5.78 Å². The number of hydrogen-bond donors (Lipinski definition) is 0. The van der Waals surface area contributed by atoms with Crippen LogP contribution in [0.15, 0.2) is 73.6 Å². The summed E-state index contributed by atoms with van der Waals surface area (Å²) in [5.74, 6) is 0.0146. The molecule has 0 saturated heterocycles. The Morgan fingerprint density at radius 1 is 0.897 bits per heavy atom. The summed E-state index contributed by atoms with van der Waals surface area (Å²) >= 11 is 0. The lowest BCUT2D eigenvalue weighted by Crippen LogP contribution is -2.05. The number of aromatic nitrogens is 5. The highest BCUT2D eigenvalue weighted by Gasteiger charge is 2.11. The molecule has 0 amide bonds. The number of rotatable bonds is 4. The lowest BCUT2D eigenvalue weighted by molar-refractivity contribution is 0.0992. The van der Waals surface area contributed by atoms with Gasteiger partial charge in [-0.3, -0.25) is 14.5 Å². The highest BCUT2D eigenvalue weighted by atomic mass is 16.1. The molecular weight excluding hydrogens is 362 g/mol. The molecule has 6 heteroatoms. The van der Waals surface area contributed by atoms with Crippen LogP contribution in [0.25, 0.3) is 32.8 Å². The summed E-state index contributed by atoms with van der Waals surface area (Å²) in [5.41, 5.74) is 4.28. The molecule has 0 unspecified atom stereocenters. The van der Waals surface area contributed by atoms with Gasteiger partial charge in [-0.25, -0.2) is 9.97 Å². The Morgan fingerprint density at radius 2 is 1.79 bits per heavy atom. The van der Waals surface area contributed by atoms with E-state index in [2.05, 4.69) is 32.2 Å². The Morgan fingerprint density at radius 3 is 2.66 bits per heavy atom. The van der Waals surface area contributed by atoms with Crippen LogP contribution in [0.5, 0.6) is 0 Å². The maximum Gasteiger partial charge on any atom is 0.168 e. The van der Waals surface area contributed by atoms with Gasteiger partial charge in [-0.1, -0.05) is 24.3 Å². The van der Waals surface area contributed by atoms with Gasteiger partial charge in [0.2, 0.25) is 0 Å². The third kappa shape index (κ3) is 3.36. The number of pyridine rings is 1. The summed E-state index contributed by atoms with van der Waals surface area (Å²) in [6.07, 6.45) is 9.11. The van der Waals surface area contributed by atoms with Crippen molar-refractivity contribution in [1.29, 1.82) is 0 Å². The Hall–Kier alpha value is -3.93. The summed E-state index contributed by atoms with van der Waals surface area (Å²) < 4.78 is 1.78. The van der Waals surface area contributed by atoms with Gasteiger partial charge in [0, 0.05) is 53.2 Å². The van der Waals surface area contributed by atoms with E-state index >= 15 is 0 Å². The molecule has 0 aliphatic rings. The van der Waals surface area contributed by atoms with Crippen molar-refractivity contribution >= 4 is 27.5 Å². The number of fused-ring (bicyclic) bond motifs is 2. The third-order valence-electron chi connectivity index (χ3n) is 4.99. The minimum Gasteiger partial charge on any atom is -0.294 e. The van der Waals surface area contributed by atoms with Crippen LogP contribution in [0.4, 0.5) is 0 Å². The van der Waals surface area contributed by atoms with Crippen LogP contribution in [0.3, 0.4) is 0 Å². The second-order valence-electron chi connectivity index (χ2n) is 7.04. The molecule has 0 aliphatic heterocycles. The summed E-state index contributed by atoms with van der Waals surface area (Å²) in [6, 6.07) is 13.7. The number of benzene rings is 2. The first-order valence-corrected chi connectivity index (χ1v) is 9.26. The average Bonchev–Trinajstić information content (AvgIpc) is 3.19. The minimum absolute atomic E-state index is 0.0146. The molecule has 3 heterocycles. The van der Waals surface area contributed by atoms with Crippen LogP contribution in [0, 0.1) is 0 Å². The van der Waals surface area contributed by atoms with Crippen LogP contribution in [0.2, 0.25) is 0 Å². The molecule has 6 nitrogen and oxygen atoms in total. The maximum absolute atomic E-state index is 12.8. The Kier molecular flexibility index (Phi) is 4.09. The average molecular weight is 379 g/mol. The van der Waals surface area contributed by atoms with E-state index in [1.807, 2.05) is 49.9 Å². The molecule has 140 valence electrons. The largest absolute Gasteiger partial charge is 0.294 e. The van der Waals surface area contributed by atoms with Crippen molar-refractivity contribution in [3.63, 3.8) is 0 Å². The number of aryl methyl sites for hydroxylation is 1. The smallest absolute Gasteiger partial charge is 0.168 e. The van der Waals surface area contributed by atoms with Crippen molar-refractivity contribution in [3.05, 3.63) is 84.8 Å². The zero-order valence-corrected chi connectivity index (χ0v) is 15.8. The van der Waals surface area contributed by atoms with Crippen LogP contribution in [0.1, 0.15) is 16.1 Å². The Balaban J connectivity index is 1.45. The fourth-order valence-corrected chi connectivity index (χ4v) is 3.45. The van der Waals surface area contributed by atoms with Gasteiger partial charge in [0.1, 0.15) is 6.33 Å². The van der Waals surface area contributed by atoms with E-state index in [9.17, 15) is 4.79 Å². The molecule has 29 heavy (non-hydrogen) atoms. The van der Waals surface area contributed by atoms with Crippen molar-refractivity contribution in [2.75, 3.05) is 0 Å². The van der Waals surface area contributed by atoms with Gasteiger partial charge < -0.3 is 0 Å². The first kappa shape index (κ1) is 17.2. The fourth-order valence-electron chi connectivity index (χ4n) is 3.45. The Bertz CT molecular complexity index is 1370. The van der Waals surface area contributed by atoms with Crippen molar-refractivity contribution in [2.24, 2.45) is 7.05 Å². The summed E-state index contributed by atoms with van der Waals surface area (Å²) in [7, 11) is 1.90. The van der Waals surface area contributed by atoms with E-state index in [1.165, 1.54) is 6.33 Å². The minimum atomic E-state index is 0.0146. The van der Waals surface area contributed by atoms with Gasteiger partial charge in [-0.05, 0) is 29.1 Å². The highest BCUT2D eigenvalue weighted by molar-refractivity contribution is 6.00. The molecular formula is C23H17N5O. The van der Waals surface area contributed by atoms with Crippen molar-refractivity contribution in [3.8, 4) is 11.1 Å². The molecule has 0 atom stereocenters. The molecule has 0 N–H and O–H groups in total. The fraction of sp³-hybridized carbons (Fsp3) is 0.0870. The number of Topliss-reactive ketones (excluding diaryl/α,β-unsaturated/α-hetero) is 1. The summed E-state index contributed by atoms with van der Waals surface area (Å²) in [6.45, 7) is 0. The molecule has 0 saturated carbocycles. The zero-order chi connectivity index (χ0) is 19.8. The van der Waals surface area contributed by atoms with E-state index in [1.54, 1.807) is 16.9 Å². The van der Waals surface area contributed by atoms with Crippen LogP contribution < -0.4 is 0 Å². The lowest BCUT2D eigenvalue weighted by Gasteiger charge is -2.06. The second-order valence-corrected chi connectivity index (χ2v) is 7.04. The lowest BCUT2D eigenvalue weighted by atomic mass is 10.0. The number of nitrogens with zero attached hydrogens (tertiary/aromatic N) is 5. The molecule has 5 rings (SSSR count). The van der Waals surface area contributed by atoms with E-state index < -0.39 is 0 Å². The van der Waals surface area contributed by atoms with Crippen molar-refractivity contribution in [1.82, 2.24) is 24.7 Å². The van der Waals surface area contributed by atoms with Crippen LogP contribution >= 0.6 is 0 Å². The number of hydrogen-bond acceptors (Lipinski definition) is 5. The summed E-state index contributed by atoms with van der Waals surface area (Å²) in [4.78, 5) is 25.5. The van der Waals surface area contributed by atoms with E-state index in [-0.39, 0.29) is 12.2 Å². The topological polar surface area (TPSA) is 73.6 Å². The zero-order valence-electron chi connectivity index (χ0n) is 15.8. The molecule has 0 fully saturated rings. The monoisotopic (exact) mass is 379 g/mol. The SMILES string of the molecule is Cn1cc(-c2ccc3cnc(CC(=O)c4ccc5cncnc5c4)cc3c2)cn1. The molecule has 2 aromatic carbocycles. The molecule has 5 aromatic rings. The van der Waals surface area contributed by atoms with Crippen LogP contribution in [-0.4, -0.2) is 30.5 Å². The van der Waals surface area contributed by atoms with Crippen molar-refractivity contribution < 1.29 is 4.79 Å². The van der Waals surface area contributed by atoms with Gasteiger partial charge in [-0.15, -0.1) is 0 Å². The molecule has 0 radical (unpaired) electrons. The van der Waals surface area contributed by atoms with E-state index in [0.717, 1.165) is 38.5 Å². The predicted octanol–water partition coefficient (Wildman–Crippen LogP) is 4.00. The first-order chi connectivity index (χ1) is 14.2. The number of carbonyl (C=O) groups is 1. The van der Waals surface area contributed by atoms with E-state index in [4.69, 9.17) is 0 Å². The number of ketones is 1. The van der Waals surface area contributed by atoms with Gasteiger partial charge in [0.05, 0.1) is 18.1 Å². The quantitative estimate of drug-likeness (QED) is 0.441. The Labute approximate surface area is 166 Å². The molecule has 0 bridgehead atoms. The molecule has 0 spiro atoms. The van der Waals surface area contributed by atoms with Crippen LogP contribution in [-0.2, 0) is 13.5 Å². The predicted molar refractivity (Wildman–Crippen MR) is 112 cm³/mol. The van der Waals surface area contributed by atoms with Crippen molar-refractivity contribution in [2.45, 2.75) is 6.42 Å². The number of carbonyl (C=O) groups excluding carboxylic acids is 1. The maximum atomic E-state index is 12.8. The van der Waals surface area contributed by atoms with Gasteiger partial charge in [-0.2, -0.15) is 5.10 Å². The second kappa shape index (κ2) is 6.91. The standard InChI is InChI=1S/C23H17N5O/c1-28-13-20(12-27-28)15-2-4-17-11-25-21(7-19(17)6-15)9-23(29)16-3-5-18-10-24-14-26-22(18)8-16/h2-8,10-14H,9H2,1H3. The molecule has 3 aromatic heterocycles. The third-order valence-corrected chi connectivity index (χ3v) is 4.99. The highest BCUT2D eigenvalue weighted by Crippen LogP contribution is 2.24. The van der Waals surface area contributed by atoms with E-state index in [0.29, 0.717) is 5.56 Å². The van der Waals surface area contributed by atoms with Gasteiger partial charge in [0.25, 0.3) is 0 Å².